The molecule has 0 aliphatic heterocycles. The van der Waals surface area contributed by atoms with E-state index in [0.717, 1.165) is 19.3 Å². The summed E-state index contributed by atoms with van der Waals surface area (Å²) in [5.41, 5.74) is 10.2. The number of carbonyl (C=O) groups excluding carboxylic acids is 2. The van der Waals surface area contributed by atoms with Gasteiger partial charge in [0.05, 0.1) is 0 Å². The lowest BCUT2D eigenvalue weighted by Crippen LogP contribution is -2.23. The highest BCUT2D eigenvalue weighted by atomic mass is 16.1. The van der Waals surface area contributed by atoms with Gasteiger partial charge in [-0.15, -0.1) is 0 Å². The first-order valence-corrected chi connectivity index (χ1v) is 4.66. The maximum absolute atomic E-state index is 10.7. The second kappa shape index (κ2) is 4.25. The first-order chi connectivity index (χ1) is 6.09. The third kappa shape index (κ3) is 3.05. The number of hydrogen-bond acceptors (Lipinski definition) is 2. The van der Waals surface area contributed by atoms with Crippen molar-refractivity contribution in [3.63, 3.8) is 0 Å². The van der Waals surface area contributed by atoms with Gasteiger partial charge in [0.2, 0.25) is 11.8 Å². The molecule has 1 saturated carbocycles. The summed E-state index contributed by atoms with van der Waals surface area (Å²) in [7, 11) is 0. The highest BCUT2D eigenvalue weighted by Gasteiger charge is 2.29. The first-order valence-electron chi connectivity index (χ1n) is 4.66. The van der Waals surface area contributed by atoms with Crippen LogP contribution in [0.4, 0.5) is 0 Å². The van der Waals surface area contributed by atoms with Gasteiger partial charge >= 0.3 is 0 Å². The second-order valence-corrected chi connectivity index (χ2v) is 3.79. The van der Waals surface area contributed by atoms with E-state index < -0.39 is 0 Å². The van der Waals surface area contributed by atoms with Crippen LogP contribution in [0, 0.1) is 11.8 Å². The lowest BCUT2D eigenvalue weighted by molar-refractivity contribution is -0.121. The predicted octanol–water partition coefficient (Wildman–Crippen LogP) is 0.153. The van der Waals surface area contributed by atoms with Gasteiger partial charge in [-0.1, -0.05) is 6.42 Å². The predicted molar refractivity (Wildman–Crippen MR) is 48.5 cm³/mol. The van der Waals surface area contributed by atoms with Gasteiger partial charge in [0.25, 0.3) is 0 Å². The van der Waals surface area contributed by atoms with Crippen LogP contribution in [0.1, 0.15) is 32.1 Å². The highest BCUT2D eigenvalue weighted by molar-refractivity contribution is 5.75. The molecule has 13 heavy (non-hydrogen) atoms. The molecule has 74 valence electrons. The number of nitrogens with two attached hydrogens (primary N) is 2. The van der Waals surface area contributed by atoms with Gasteiger partial charge in [0.15, 0.2) is 0 Å². The van der Waals surface area contributed by atoms with E-state index in [0.29, 0.717) is 12.8 Å². The molecule has 0 aromatic heterocycles. The minimum atomic E-state index is -0.277. The first kappa shape index (κ1) is 10.0. The number of rotatable bonds is 4. The molecule has 2 atom stereocenters. The molecule has 0 heterocycles. The molecule has 0 aromatic carbocycles. The SMILES string of the molecule is NC(=O)CC1CCCC1CC(N)=O. The zero-order chi connectivity index (χ0) is 9.84. The van der Waals surface area contributed by atoms with Crippen LogP contribution in [0.5, 0.6) is 0 Å². The van der Waals surface area contributed by atoms with Crippen LogP contribution in [0.25, 0.3) is 0 Å². The summed E-state index contributed by atoms with van der Waals surface area (Å²) in [5.74, 6) is 0.0118. The molecule has 1 rings (SSSR count). The molecule has 1 fully saturated rings. The molecule has 0 spiro atoms. The fourth-order valence-corrected chi connectivity index (χ4v) is 2.17. The summed E-state index contributed by atoms with van der Waals surface area (Å²) in [6.45, 7) is 0. The summed E-state index contributed by atoms with van der Waals surface area (Å²) in [4.78, 5) is 21.4. The molecule has 4 heteroatoms. The smallest absolute Gasteiger partial charge is 0.217 e. The van der Waals surface area contributed by atoms with E-state index in [1.165, 1.54) is 0 Å². The Morgan fingerprint density at radius 2 is 1.38 bits per heavy atom. The fourth-order valence-electron chi connectivity index (χ4n) is 2.17. The van der Waals surface area contributed by atoms with E-state index >= 15 is 0 Å². The topological polar surface area (TPSA) is 86.2 Å². The van der Waals surface area contributed by atoms with E-state index in [9.17, 15) is 9.59 Å². The van der Waals surface area contributed by atoms with Gasteiger partial charge in [-0.2, -0.15) is 0 Å². The van der Waals surface area contributed by atoms with Crippen LogP contribution in [-0.4, -0.2) is 11.8 Å². The summed E-state index contributed by atoms with van der Waals surface area (Å²) in [6.07, 6.45) is 3.88. The molecule has 0 aromatic rings. The summed E-state index contributed by atoms with van der Waals surface area (Å²) in [6, 6.07) is 0. The van der Waals surface area contributed by atoms with Crippen molar-refractivity contribution in [2.24, 2.45) is 23.3 Å². The van der Waals surface area contributed by atoms with Crippen LogP contribution in [0.15, 0.2) is 0 Å². The molecular formula is C9H16N2O2. The molecule has 4 N–H and O–H groups in total. The van der Waals surface area contributed by atoms with E-state index in [4.69, 9.17) is 11.5 Å². The molecule has 0 bridgehead atoms. The lowest BCUT2D eigenvalue weighted by atomic mass is 9.90. The Hall–Kier alpha value is -1.06. The molecule has 2 amide bonds. The number of amides is 2. The van der Waals surface area contributed by atoms with Gasteiger partial charge in [-0.05, 0) is 24.7 Å². The summed E-state index contributed by atoms with van der Waals surface area (Å²) < 4.78 is 0. The molecule has 2 unspecified atom stereocenters. The fraction of sp³-hybridized carbons (Fsp3) is 0.778. The average Bonchev–Trinajstić information content (AvgIpc) is 2.34. The maximum Gasteiger partial charge on any atom is 0.217 e. The Morgan fingerprint density at radius 3 is 1.69 bits per heavy atom. The maximum atomic E-state index is 10.7. The normalized spacial score (nSPS) is 27.4. The van der Waals surface area contributed by atoms with Crippen LogP contribution in [0.2, 0.25) is 0 Å². The van der Waals surface area contributed by atoms with Gasteiger partial charge in [0.1, 0.15) is 0 Å². The molecule has 0 radical (unpaired) electrons. The molecule has 1 aliphatic rings. The second-order valence-electron chi connectivity index (χ2n) is 3.79. The van der Waals surface area contributed by atoms with Crippen LogP contribution < -0.4 is 11.5 Å². The number of hydrogen-bond donors (Lipinski definition) is 2. The van der Waals surface area contributed by atoms with Gasteiger partial charge in [-0.25, -0.2) is 0 Å². The molecule has 4 nitrogen and oxygen atoms in total. The lowest BCUT2D eigenvalue weighted by Gasteiger charge is -2.15. The largest absolute Gasteiger partial charge is 0.370 e. The Morgan fingerprint density at radius 1 is 1.00 bits per heavy atom. The Labute approximate surface area is 77.7 Å². The van der Waals surface area contributed by atoms with E-state index in [1.807, 2.05) is 0 Å². The Balaban J connectivity index is 2.43. The average molecular weight is 184 g/mol. The van der Waals surface area contributed by atoms with Crippen molar-refractivity contribution >= 4 is 11.8 Å². The van der Waals surface area contributed by atoms with Crippen molar-refractivity contribution in [2.75, 3.05) is 0 Å². The third-order valence-electron chi connectivity index (χ3n) is 2.74. The highest BCUT2D eigenvalue weighted by Crippen LogP contribution is 2.35. The van der Waals surface area contributed by atoms with E-state index in [1.54, 1.807) is 0 Å². The summed E-state index contributed by atoms with van der Waals surface area (Å²) >= 11 is 0. The zero-order valence-electron chi connectivity index (χ0n) is 7.66. The zero-order valence-corrected chi connectivity index (χ0v) is 7.66. The van der Waals surface area contributed by atoms with Gasteiger partial charge < -0.3 is 11.5 Å². The Bertz CT molecular complexity index is 194. The quantitative estimate of drug-likeness (QED) is 0.651. The van der Waals surface area contributed by atoms with Crippen molar-refractivity contribution < 1.29 is 9.59 Å². The molecule has 0 saturated heterocycles. The van der Waals surface area contributed by atoms with Gasteiger partial charge in [0, 0.05) is 12.8 Å². The Kier molecular flexibility index (Phi) is 3.28. The van der Waals surface area contributed by atoms with E-state index in [2.05, 4.69) is 0 Å². The van der Waals surface area contributed by atoms with Crippen molar-refractivity contribution in [1.29, 1.82) is 0 Å². The van der Waals surface area contributed by atoms with Crippen molar-refractivity contribution in [2.45, 2.75) is 32.1 Å². The van der Waals surface area contributed by atoms with Gasteiger partial charge in [-0.3, -0.25) is 9.59 Å². The number of primary amides is 2. The minimum Gasteiger partial charge on any atom is -0.370 e. The van der Waals surface area contributed by atoms with E-state index in [-0.39, 0.29) is 23.7 Å². The monoisotopic (exact) mass is 184 g/mol. The van der Waals surface area contributed by atoms with Crippen molar-refractivity contribution in [3.8, 4) is 0 Å². The van der Waals surface area contributed by atoms with Crippen LogP contribution in [0.3, 0.4) is 0 Å². The van der Waals surface area contributed by atoms with Crippen LogP contribution >= 0.6 is 0 Å². The molecule has 1 aliphatic carbocycles. The third-order valence-corrected chi connectivity index (χ3v) is 2.74. The standard InChI is InChI=1S/C9H16N2O2/c10-8(12)4-6-2-1-3-7(6)5-9(11)13/h6-7H,1-5H2,(H2,10,12)(H2,11,13). The van der Waals surface area contributed by atoms with Crippen LogP contribution in [-0.2, 0) is 9.59 Å². The van der Waals surface area contributed by atoms with Crippen molar-refractivity contribution in [3.05, 3.63) is 0 Å². The number of carbonyl (C=O) groups is 2. The molecular weight excluding hydrogens is 168 g/mol. The summed E-state index contributed by atoms with van der Waals surface area (Å²) in [5, 5.41) is 0. The van der Waals surface area contributed by atoms with Crippen molar-refractivity contribution in [1.82, 2.24) is 0 Å². The minimum absolute atomic E-state index is 0.277.